The van der Waals surface area contributed by atoms with Gasteiger partial charge < -0.3 is 4.74 Å². The van der Waals surface area contributed by atoms with E-state index in [4.69, 9.17) is 16.3 Å². The molecule has 2 heterocycles. The second-order valence-corrected chi connectivity index (χ2v) is 4.14. The van der Waals surface area contributed by atoms with Gasteiger partial charge in [-0.15, -0.1) is 5.10 Å². The van der Waals surface area contributed by atoms with E-state index in [9.17, 15) is 0 Å². The molecule has 2 aromatic heterocycles. The summed E-state index contributed by atoms with van der Waals surface area (Å²) in [6.45, 7) is 4.42. The molecule has 7 heteroatoms. The Labute approximate surface area is 104 Å². The third kappa shape index (κ3) is 2.23. The number of fused-ring (bicyclic) bond motifs is 1. The average molecular weight is 256 g/mol. The Morgan fingerprint density at radius 3 is 2.82 bits per heavy atom. The van der Waals surface area contributed by atoms with Crippen LogP contribution in [0.4, 0.5) is 0 Å². The zero-order valence-corrected chi connectivity index (χ0v) is 10.8. The van der Waals surface area contributed by atoms with Gasteiger partial charge in [-0.3, -0.25) is 0 Å². The fourth-order valence-corrected chi connectivity index (χ4v) is 1.94. The largest absolute Gasteiger partial charge is 0.382 e. The van der Waals surface area contributed by atoms with Gasteiger partial charge in [-0.05, 0) is 13.3 Å². The van der Waals surface area contributed by atoms with Gasteiger partial charge in [0.2, 0.25) is 0 Å². The maximum Gasteiger partial charge on any atom is 0.183 e. The summed E-state index contributed by atoms with van der Waals surface area (Å²) in [7, 11) is 1.66. The Bertz CT molecular complexity index is 527. The van der Waals surface area contributed by atoms with Crippen LogP contribution in [0.25, 0.3) is 11.2 Å². The lowest BCUT2D eigenvalue weighted by atomic mass is 10.2. The van der Waals surface area contributed by atoms with E-state index in [2.05, 4.69) is 27.2 Å². The van der Waals surface area contributed by atoms with Crippen molar-refractivity contribution in [3.8, 4) is 0 Å². The predicted octanol–water partition coefficient (Wildman–Crippen LogP) is 1.78. The summed E-state index contributed by atoms with van der Waals surface area (Å²) in [5.74, 6) is 0.610. The number of halogens is 1. The number of nitrogens with zero attached hydrogens (tertiary/aromatic N) is 5. The van der Waals surface area contributed by atoms with Gasteiger partial charge in [0.05, 0.1) is 12.6 Å². The lowest BCUT2D eigenvalue weighted by Crippen LogP contribution is -2.16. The number of methoxy groups -OCH3 is 1. The van der Waals surface area contributed by atoms with Gasteiger partial charge in [0.15, 0.2) is 16.3 Å². The molecule has 92 valence electrons. The van der Waals surface area contributed by atoms with Crippen LogP contribution in [-0.4, -0.2) is 38.7 Å². The zero-order valence-electron chi connectivity index (χ0n) is 10.0. The highest BCUT2D eigenvalue weighted by molar-refractivity contribution is 6.33. The lowest BCUT2D eigenvalue weighted by Gasteiger charge is -2.13. The number of rotatable bonds is 4. The molecule has 0 N–H and O–H groups in total. The van der Waals surface area contributed by atoms with E-state index in [-0.39, 0.29) is 6.04 Å². The Morgan fingerprint density at radius 2 is 2.18 bits per heavy atom. The molecule has 0 fully saturated rings. The summed E-state index contributed by atoms with van der Waals surface area (Å²) in [6, 6.07) is 0.107. The van der Waals surface area contributed by atoms with Gasteiger partial charge in [-0.2, -0.15) is 0 Å². The molecule has 6 nitrogen and oxygen atoms in total. The van der Waals surface area contributed by atoms with Crippen molar-refractivity contribution in [1.82, 2.24) is 25.0 Å². The van der Waals surface area contributed by atoms with E-state index >= 15 is 0 Å². The third-order valence-electron chi connectivity index (χ3n) is 2.57. The van der Waals surface area contributed by atoms with Gasteiger partial charge in [-0.25, -0.2) is 14.6 Å². The minimum absolute atomic E-state index is 0.107. The highest BCUT2D eigenvalue weighted by Crippen LogP contribution is 2.21. The van der Waals surface area contributed by atoms with Gasteiger partial charge in [0, 0.05) is 7.11 Å². The van der Waals surface area contributed by atoms with Crippen LogP contribution in [0.5, 0.6) is 0 Å². The zero-order chi connectivity index (χ0) is 12.4. The topological polar surface area (TPSA) is 65.7 Å². The summed E-state index contributed by atoms with van der Waals surface area (Å²) in [6.07, 6.45) is 0.882. The van der Waals surface area contributed by atoms with Gasteiger partial charge in [0.25, 0.3) is 0 Å². The molecule has 1 atom stereocenters. The first-order valence-corrected chi connectivity index (χ1v) is 5.79. The van der Waals surface area contributed by atoms with Crippen LogP contribution >= 0.6 is 11.6 Å². The molecule has 0 aliphatic heterocycles. The SMILES string of the molecule is CCC(COC)n1nnc2c(Cl)nc(C)nc21. The Morgan fingerprint density at radius 1 is 1.41 bits per heavy atom. The van der Waals surface area contributed by atoms with Crippen molar-refractivity contribution in [2.24, 2.45) is 0 Å². The molecular formula is C10H14ClN5O. The Hall–Kier alpha value is -1.27. The summed E-state index contributed by atoms with van der Waals surface area (Å²) >= 11 is 6.00. The van der Waals surface area contributed by atoms with E-state index in [1.807, 2.05) is 0 Å². The molecular weight excluding hydrogens is 242 g/mol. The maximum atomic E-state index is 6.00. The van der Waals surface area contributed by atoms with Gasteiger partial charge >= 0.3 is 0 Å². The molecule has 0 spiro atoms. The molecule has 0 radical (unpaired) electrons. The van der Waals surface area contributed by atoms with Crippen LogP contribution in [-0.2, 0) is 4.74 Å². The fourth-order valence-electron chi connectivity index (χ4n) is 1.70. The fraction of sp³-hybridized carbons (Fsp3) is 0.600. The Balaban J connectivity index is 2.54. The first kappa shape index (κ1) is 12.2. The average Bonchev–Trinajstić information content (AvgIpc) is 2.69. The normalized spacial score (nSPS) is 13.2. The van der Waals surface area contributed by atoms with Gasteiger partial charge in [-0.1, -0.05) is 23.7 Å². The van der Waals surface area contributed by atoms with Crippen molar-refractivity contribution in [2.75, 3.05) is 13.7 Å². The van der Waals surface area contributed by atoms with E-state index in [1.165, 1.54) is 0 Å². The van der Waals surface area contributed by atoms with Crippen LogP contribution in [0.15, 0.2) is 0 Å². The molecule has 0 amide bonds. The predicted molar refractivity (Wildman–Crippen MR) is 64.1 cm³/mol. The molecule has 0 aliphatic carbocycles. The third-order valence-corrected chi connectivity index (χ3v) is 2.83. The minimum Gasteiger partial charge on any atom is -0.382 e. The molecule has 2 aromatic rings. The number of ether oxygens (including phenoxy) is 1. The van der Waals surface area contributed by atoms with Crippen LogP contribution < -0.4 is 0 Å². The van der Waals surface area contributed by atoms with E-state index < -0.39 is 0 Å². The molecule has 17 heavy (non-hydrogen) atoms. The van der Waals surface area contributed by atoms with E-state index in [0.29, 0.717) is 28.7 Å². The maximum absolute atomic E-state index is 6.00. The quantitative estimate of drug-likeness (QED) is 0.779. The molecule has 0 aromatic carbocycles. The second-order valence-electron chi connectivity index (χ2n) is 3.79. The van der Waals surface area contributed by atoms with Crippen LogP contribution in [0.1, 0.15) is 25.2 Å². The molecule has 0 aliphatic rings. The number of hydrogen-bond donors (Lipinski definition) is 0. The smallest absolute Gasteiger partial charge is 0.183 e. The molecule has 1 unspecified atom stereocenters. The van der Waals surface area contributed by atoms with Crippen molar-refractivity contribution in [3.05, 3.63) is 11.0 Å². The van der Waals surface area contributed by atoms with Crippen LogP contribution in [0, 0.1) is 6.92 Å². The van der Waals surface area contributed by atoms with Crippen molar-refractivity contribution in [3.63, 3.8) is 0 Å². The highest BCUT2D eigenvalue weighted by Gasteiger charge is 2.17. The summed E-state index contributed by atoms with van der Waals surface area (Å²) < 4.78 is 6.91. The van der Waals surface area contributed by atoms with Crippen molar-refractivity contribution < 1.29 is 4.74 Å². The minimum atomic E-state index is 0.107. The highest BCUT2D eigenvalue weighted by atomic mass is 35.5. The van der Waals surface area contributed by atoms with E-state index in [1.54, 1.807) is 18.7 Å². The standard InChI is InChI=1S/C10H14ClN5O/c1-4-7(5-17-3)16-10-8(14-15-16)9(11)12-6(2)13-10/h7H,4-5H2,1-3H3. The molecule has 0 bridgehead atoms. The summed E-state index contributed by atoms with van der Waals surface area (Å²) in [4.78, 5) is 8.39. The second kappa shape index (κ2) is 4.93. The monoisotopic (exact) mass is 255 g/mol. The number of hydrogen-bond acceptors (Lipinski definition) is 5. The Kier molecular flexibility index (Phi) is 3.54. The molecule has 2 rings (SSSR count). The van der Waals surface area contributed by atoms with Crippen molar-refractivity contribution in [1.29, 1.82) is 0 Å². The van der Waals surface area contributed by atoms with E-state index in [0.717, 1.165) is 6.42 Å². The summed E-state index contributed by atoms with van der Waals surface area (Å²) in [5.41, 5.74) is 1.19. The van der Waals surface area contributed by atoms with Crippen LogP contribution in [0.2, 0.25) is 5.15 Å². The molecule has 0 saturated heterocycles. The van der Waals surface area contributed by atoms with Crippen LogP contribution in [0.3, 0.4) is 0 Å². The number of aryl methyl sites for hydroxylation is 1. The first-order valence-electron chi connectivity index (χ1n) is 5.41. The van der Waals surface area contributed by atoms with Gasteiger partial charge in [0.1, 0.15) is 5.82 Å². The summed E-state index contributed by atoms with van der Waals surface area (Å²) in [5, 5.41) is 8.44. The van der Waals surface area contributed by atoms with Crippen molar-refractivity contribution >= 4 is 22.8 Å². The first-order chi connectivity index (χ1) is 8.17. The number of aromatic nitrogens is 5. The lowest BCUT2D eigenvalue weighted by molar-refractivity contribution is 0.148. The molecule has 0 saturated carbocycles. The van der Waals surface area contributed by atoms with Crippen molar-refractivity contribution in [2.45, 2.75) is 26.3 Å².